The van der Waals surface area contributed by atoms with Gasteiger partial charge in [0.05, 0.1) is 0 Å². The van der Waals surface area contributed by atoms with Crippen molar-refractivity contribution in [2.75, 3.05) is 31.1 Å². The standard InChI is InChI=1S/C18H27N3O/c1-14(2)20-10-11-21(18(20)22)17-8-4-3-7-16(17)12-15-6-5-9-19-13-15/h3-4,7-8,14-15,19H,5-6,9-13H2,1-2H3. The Morgan fingerprint density at radius 2 is 2.09 bits per heavy atom. The van der Waals surface area contributed by atoms with E-state index in [-0.39, 0.29) is 12.1 Å². The molecule has 2 amide bonds. The van der Waals surface area contributed by atoms with E-state index < -0.39 is 0 Å². The second-order valence-corrected chi connectivity index (χ2v) is 6.77. The molecule has 0 aliphatic carbocycles. The van der Waals surface area contributed by atoms with Crippen LogP contribution in [0.2, 0.25) is 0 Å². The van der Waals surface area contributed by atoms with Gasteiger partial charge >= 0.3 is 6.03 Å². The molecule has 0 radical (unpaired) electrons. The highest BCUT2D eigenvalue weighted by molar-refractivity contribution is 5.95. The lowest BCUT2D eigenvalue weighted by molar-refractivity contribution is 0.209. The molecule has 2 saturated heterocycles. The summed E-state index contributed by atoms with van der Waals surface area (Å²) < 4.78 is 0. The number of nitrogens with zero attached hydrogens (tertiary/aromatic N) is 2. The quantitative estimate of drug-likeness (QED) is 0.928. The molecule has 22 heavy (non-hydrogen) atoms. The fourth-order valence-electron chi connectivity index (χ4n) is 3.61. The van der Waals surface area contributed by atoms with E-state index in [0.29, 0.717) is 5.92 Å². The van der Waals surface area contributed by atoms with Gasteiger partial charge in [-0.25, -0.2) is 4.79 Å². The first-order chi connectivity index (χ1) is 10.7. The van der Waals surface area contributed by atoms with Crippen LogP contribution >= 0.6 is 0 Å². The summed E-state index contributed by atoms with van der Waals surface area (Å²) in [6.45, 7) is 8.04. The number of amides is 2. The van der Waals surface area contributed by atoms with Gasteiger partial charge in [0.2, 0.25) is 0 Å². The summed E-state index contributed by atoms with van der Waals surface area (Å²) in [5.74, 6) is 0.689. The second-order valence-electron chi connectivity index (χ2n) is 6.77. The van der Waals surface area contributed by atoms with E-state index in [2.05, 4.69) is 37.4 Å². The van der Waals surface area contributed by atoms with Gasteiger partial charge in [-0.15, -0.1) is 0 Å². The van der Waals surface area contributed by atoms with Crippen molar-refractivity contribution < 1.29 is 4.79 Å². The minimum atomic E-state index is 0.157. The largest absolute Gasteiger partial charge is 0.324 e. The number of piperidine rings is 1. The molecule has 0 aromatic heterocycles. The van der Waals surface area contributed by atoms with Gasteiger partial charge in [0.25, 0.3) is 0 Å². The summed E-state index contributed by atoms with van der Waals surface area (Å²) in [6, 6.07) is 8.86. The van der Waals surface area contributed by atoms with E-state index in [4.69, 9.17) is 0 Å². The van der Waals surface area contributed by atoms with Crippen molar-refractivity contribution in [1.82, 2.24) is 10.2 Å². The molecule has 2 fully saturated rings. The zero-order valence-electron chi connectivity index (χ0n) is 13.7. The van der Waals surface area contributed by atoms with E-state index in [9.17, 15) is 4.79 Å². The van der Waals surface area contributed by atoms with Crippen LogP contribution in [0.3, 0.4) is 0 Å². The Labute approximate surface area is 133 Å². The molecule has 4 nitrogen and oxygen atoms in total. The van der Waals surface area contributed by atoms with Gasteiger partial charge in [-0.3, -0.25) is 4.90 Å². The average Bonchev–Trinajstić information content (AvgIpc) is 2.91. The number of hydrogen-bond donors (Lipinski definition) is 1. The molecular formula is C18H27N3O. The number of carbonyl (C=O) groups excluding carboxylic acids is 1. The van der Waals surface area contributed by atoms with Crippen molar-refractivity contribution in [2.45, 2.75) is 39.2 Å². The molecule has 1 atom stereocenters. The van der Waals surface area contributed by atoms with Gasteiger partial charge in [0.1, 0.15) is 0 Å². The summed E-state index contributed by atoms with van der Waals surface area (Å²) in [5.41, 5.74) is 2.43. The zero-order chi connectivity index (χ0) is 15.5. The number of hydrogen-bond acceptors (Lipinski definition) is 2. The molecule has 1 N–H and O–H groups in total. The van der Waals surface area contributed by atoms with Gasteiger partial charge in [-0.1, -0.05) is 18.2 Å². The summed E-state index contributed by atoms with van der Waals surface area (Å²) in [5, 5.41) is 3.49. The Balaban J connectivity index is 1.78. The van der Waals surface area contributed by atoms with Crippen LogP contribution in [-0.4, -0.2) is 43.2 Å². The Hall–Kier alpha value is -1.55. The number of anilines is 1. The van der Waals surface area contributed by atoms with E-state index in [1.807, 2.05) is 15.9 Å². The maximum Gasteiger partial charge on any atom is 0.324 e. The number of carbonyl (C=O) groups is 1. The molecule has 2 heterocycles. The zero-order valence-corrected chi connectivity index (χ0v) is 13.7. The lowest BCUT2D eigenvalue weighted by atomic mass is 9.91. The topological polar surface area (TPSA) is 35.6 Å². The minimum absolute atomic E-state index is 0.157. The highest BCUT2D eigenvalue weighted by atomic mass is 16.2. The molecular weight excluding hydrogens is 274 g/mol. The smallest absolute Gasteiger partial charge is 0.320 e. The Bertz CT molecular complexity index is 523. The normalized spacial score (nSPS) is 22.7. The number of rotatable bonds is 4. The van der Waals surface area contributed by atoms with E-state index in [1.54, 1.807) is 0 Å². The highest BCUT2D eigenvalue weighted by Crippen LogP contribution is 2.28. The van der Waals surface area contributed by atoms with Crippen molar-refractivity contribution in [3.8, 4) is 0 Å². The Morgan fingerprint density at radius 1 is 1.27 bits per heavy atom. The first kappa shape index (κ1) is 15.3. The van der Waals surface area contributed by atoms with E-state index >= 15 is 0 Å². The van der Waals surface area contributed by atoms with Crippen molar-refractivity contribution in [3.05, 3.63) is 29.8 Å². The Kier molecular flexibility index (Phi) is 4.67. The summed E-state index contributed by atoms with van der Waals surface area (Å²) >= 11 is 0. The molecule has 120 valence electrons. The van der Waals surface area contributed by atoms with Crippen LogP contribution in [0.25, 0.3) is 0 Å². The fraction of sp³-hybridized carbons (Fsp3) is 0.611. The molecule has 3 rings (SSSR count). The predicted molar refractivity (Wildman–Crippen MR) is 90.3 cm³/mol. The van der Waals surface area contributed by atoms with Gasteiger partial charge in [0, 0.05) is 24.8 Å². The maximum atomic E-state index is 12.6. The molecule has 0 bridgehead atoms. The Morgan fingerprint density at radius 3 is 2.77 bits per heavy atom. The van der Waals surface area contributed by atoms with Crippen LogP contribution in [0.5, 0.6) is 0 Å². The number of benzene rings is 1. The minimum Gasteiger partial charge on any atom is -0.320 e. The average molecular weight is 301 g/mol. The van der Waals surface area contributed by atoms with Gasteiger partial charge in [-0.05, 0) is 63.7 Å². The lowest BCUT2D eigenvalue weighted by Crippen LogP contribution is -2.36. The van der Waals surface area contributed by atoms with Crippen LogP contribution in [0, 0.1) is 5.92 Å². The molecule has 2 aliphatic heterocycles. The predicted octanol–water partition coefficient (Wildman–Crippen LogP) is 2.88. The molecule has 1 unspecified atom stereocenters. The van der Waals surface area contributed by atoms with Crippen LogP contribution < -0.4 is 10.2 Å². The summed E-state index contributed by atoms with van der Waals surface area (Å²) in [4.78, 5) is 16.6. The molecule has 1 aromatic carbocycles. The van der Waals surface area contributed by atoms with Crippen LogP contribution in [-0.2, 0) is 6.42 Å². The summed E-state index contributed by atoms with van der Waals surface area (Å²) in [7, 11) is 0. The van der Waals surface area contributed by atoms with Crippen LogP contribution in [0.1, 0.15) is 32.3 Å². The van der Waals surface area contributed by atoms with Crippen molar-refractivity contribution >= 4 is 11.7 Å². The van der Waals surface area contributed by atoms with Crippen LogP contribution in [0.15, 0.2) is 24.3 Å². The van der Waals surface area contributed by atoms with Crippen LogP contribution in [0.4, 0.5) is 10.5 Å². The fourth-order valence-corrected chi connectivity index (χ4v) is 3.61. The van der Waals surface area contributed by atoms with Crippen molar-refractivity contribution in [2.24, 2.45) is 5.92 Å². The number of urea groups is 1. The molecule has 4 heteroatoms. The SMILES string of the molecule is CC(C)N1CCN(c2ccccc2CC2CCCNC2)C1=O. The third-order valence-electron chi connectivity index (χ3n) is 4.85. The monoisotopic (exact) mass is 301 g/mol. The molecule has 0 saturated carbocycles. The third kappa shape index (κ3) is 3.12. The highest BCUT2D eigenvalue weighted by Gasteiger charge is 2.32. The lowest BCUT2D eigenvalue weighted by Gasteiger charge is -2.26. The van der Waals surface area contributed by atoms with Gasteiger partial charge < -0.3 is 10.2 Å². The van der Waals surface area contributed by atoms with Gasteiger partial charge in [0.15, 0.2) is 0 Å². The van der Waals surface area contributed by atoms with Crippen molar-refractivity contribution in [1.29, 1.82) is 0 Å². The van der Waals surface area contributed by atoms with E-state index in [1.165, 1.54) is 18.4 Å². The van der Waals surface area contributed by atoms with Crippen molar-refractivity contribution in [3.63, 3.8) is 0 Å². The van der Waals surface area contributed by atoms with Gasteiger partial charge in [-0.2, -0.15) is 0 Å². The molecule has 0 spiro atoms. The molecule has 2 aliphatic rings. The maximum absolute atomic E-state index is 12.6. The second kappa shape index (κ2) is 6.69. The molecule has 1 aromatic rings. The number of nitrogens with one attached hydrogen (secondary N) is 1. The summed E-state index contributed by atoms with van der Waals surface area (Å²) in [6.07, 6.45) is 3.61. The first-order valence-corrected chi connectivity index (χ1v) is 8.53. The third-order valence-corrected chi connectivity index (χ3v) is 4.85. The number of para-hydroxylation sites is 1. The first-order valence-electron chi connectivity index (χ1n) is 8.53. The van der Waals surface area contributed by atoms with E-state index in [0.717, 1.165) is 38.3 Å².